The second kappa shape index (κ2) is 7.29. The van der Waals surface area contributed by atoms with E-state index in [-0.39, 0.29) is 23.3 Å². The number of amides is 1. The van der Waals surface area contributed by atoms with E-state index in [1.165, 1.54) is 28.6 Å². The van der Waals surface area contributed by atoms with Gasteiger partial charge in [0.1, 0.15) is 5.69 Å². The summed E-state index contributed by atoms with van der Waals surface area (Å²) in [6.07, 6.45) is 3.09. The Balaban J connectivity index is 2.06. The number of hydrogen-bond donors (Lipinski definition) is 1. The summed E-state index contributed by atoms with van der Waals surface area (Å²) in [5.41, 5.74) is 0.784. The molecule has 2 heterocycles. The molecule has 0 radical (unpaired) electrons. The molecule has 3 rings (SSSR count). The normalized spacial score (nSPS) is 15.7. The Bertz CT molecular complexity index is 874. The van der Waals surface area contributed by atoms with Crippen LogP contribution in [0.1, 0.15) is 38.3 Å². The molecule has 1 atom stereocenters. The minimum Gasteiger partial charge on any atom is -0.465 e. The molecule has 144 valence electrons. The molecule has 2 aromatic rings. The number of carbonyl (C=O) groups is 1. The molecule has 10 nitrogen and oxygen atoms in total. The molecule has 0 aliphatic heterocycles. The summed E-state index contributed by atoms with van der Waals surface area (Å²) < 4.78 is 1.41. The van der Waals surface area contributed by atoms with E-state index in [0.717, 1.165) is 25.7 Å². The summed E-state index contributed by atoms with van der Waals surface area (Å²) in [5.74, 6) is 0.595. The number of carboxylic acid groups (broad SMARTS) is 1. The Kier molecular flexibility index (Phi) is 5.06. The zero-order valence-electron chi connectivity index (χ0n) is 15.5. The van der Waals surface area contributed by atoms with E-state index in [2.05, 4.69) is 15.3 Å². The van der Waals surface area contributed by atoms with Crippen LogP contribution in [0, 0.1) is 23.0 Å². The van der Waals surface area contributed by atoms with Gasteiger partial charge in [-0.15, -0.1) is 5.10 Å². The third-order valence-electron chi connectivity index (χ3n) is 5.22. The minimum atomic E-state index is -1.08. The van der Waals surface area contributed by atoms with Crippen LogP contribution in [0.3, 0.4) is 0 Å². The number of aryl methyl sites for hydroxylation is 2. The van der Waals surface area contributed by atoms with Crippen LogP contribution in [0.5, 0.6) is 0 Å². The van der Waals surface area contributed by atoms with Crippen LogP contribution in [0.2, 0.25) is 0 Å². The highest BCUT2D eigenvalue weighted by molar-refractivity contribution is 5.90. The predicted molar refractivity (Wildman–Crippen MR) is 97.5 cm³/mol. The third kappa shape index (κ3) is 3.46. The molecule has 1 unspecified atom stereocenters. The first-order chi connectivity index (χ1) is 12.8. The Morgan fingerprint density at radius 1 is 1.41 bits per heavy atom. The van der Waals surface area contributed by atoms with Gasteiger partial charge >= 0.3 is 6.09 Å². The highest BCUT2D eigenvalue weighted by Crippen LogP contribution is 2.35. The first-order valence-electron chi connectivity index (χ1n) is 8.85. The Morgan fingerprint density at radius 2 is 2.07 bits per heavy atom. The monoisotopic (exact) mass is 374 g/mol. The van der Waals surface area contributed by atoms with Gasteiger partial charge < -0.3 is 5.11 Å². The molecule has 1 amide bonds. The van der Waals surface area contributed by atoms with Gasteiger partial charge in [-0.1, -0.05) is 18.1 Å². The molecular weight excluding hydrogens is 352 g/mol. The van der Waals surface area contributed by atoms with Gasteiger partial charge in [-0.2, -0.15) is 0 Å². The van der Waals surface area contributed by atoms with Crippen LogP contribution >= 0.6 is 0 Å². The largest absolute Gasteiger partial charge is 0.465 e. The molecule has 27 heavy (non-hydrogen) atoms. The standard InChI is InChI=1S/C17H22N6O4/c1-10-14(23(26)27)9-8-13(18-10)15-16(21(3)20-19-15)22(17(24)25)11(2)12-6-4-5-7-12/h8-9,11-12H,4-7H2,1-3H3,(H,24,25). The van der Waals surface area contributed by atoms with Gasteiger partial charge in [0.25, 0.3) is 5.69 Å². The first-order valence-corrected chi connectivity index (χ1v) is 8.85. The molecule has 0 saturated heterocycles. The molecule has 0 spiro atoms. The van der Waals surface area contributed by atoms with E-state index in [4.69, 9.17) is 0 Å². The van der Waals surface area contributed by atoms with E-state index < -0.39 is 11.0 Å². The maximum atomic E-state index is 12.1. The molecule has 1 aliphatic carbocycles. The first kappa shape index (κ1) is 18.7. The number of nitrogens with zero attached hydrogens (tertiary/aromatic N) is 6. The predicted octanol–water partition coefficient (Wildman–Crippen LogP) is 3.16. The van der Waals surface area contributed by atoms with E-state index in [1.807, 2.05) is 6.92 Å². The second-order valence-electron chi connectivity index (χ2n) is 6.88. The molecule has 0 aromatic carbocycles. The molecule has 2 aromatic heterocycles. The quantitative estimate of drug-likeness (QED) is 0.629. The Labute approximate surface area is 156 Å². The van der Waals surface area contributed by atoms with Crippen molar-refractivity contribution >= 4 is 17.6 Å². The average molecular weight is 374 g/mol. The van der Waals surface area contributed by atoms with Gasteiger partial charge in [0, 0.05) is 19.2 Å². The maximum Gasteiger partial charge on any atom is 0.413 e. The van der Waals surface area contributed by atoms with Gasteiger partial charge in [-0.25, -0.2) is 14.5 Å². The molecule has 1 aliphatic rings. The lowest BCUT2D eigenvalue weighted by molar-refractivity contribution is -0.385. The fraction of sp³-hybridized carbons (Fsp3) is 0.529. The van der Waals surface area contributed by atoms with Gasteiger partial charge in [-0.05, 0) is 38.7 Å². The van der Waals surface area contributed by atoms with Crippen LogP contribution in [-0.2, 0) is 7.05 Å². The van der Waals surface area contributed by atoms with Gasteiger partial charge in [0.15, 0.2) is 11.5 Å². The average Bonchev–Trinajstić information content (AvgIpc) is 3.25. The Hall–Kier alpha value is -3.04. The molecule has 1 N–H and O–H groups in total. The van der Waals surface area contributed by atoms with E-state index in [9.17, 15) is 20.0 Å². The van der Waals surface area contributed by atoms with Crippen molar-refractivity contribution in [3.05, 3.63) is 27.9 Å². The third-order valence-corrected chi connectivity index (χ3v) is 5.22. The number of aromatic nitrogens is 4. The van der Waals surface area contributed by atoms with Gasteiger partial charge in [-0.3, -0.25) is 15.0 Å². The number of pyridine rings is 1. The lowest BCUT2D eigenvalue weighted by atomic mass is 9.98. The smallest absolute Gasteiger partial charge is 0.413 e. The molecule has 1 fully saturated rings. The fourth-order valence-corrected chi connectivity index (χ4v) is 3.77. The molecular formula is C17H22N6O4. The van der Waals surface area contributed by atoms with Crippen molar-refractivity contribution in [1.82, 2.24) is 20.0 Å². The summed E-state index contributed by atoms with van der Waals surface area (Å²) in [4.78, 5) is 28.2. The molecule has 10 heteroatoms. The van der Waals surface area contributed by atoms with Crippen molar-refractivity contribution in [1.29, 1.82) is 0 Å². The van der Waals surface area contributed by atoms with Crippen LogP contribution < -0.4 is 4.90 Å². The maximum absolute atomic E-state index is 12.1. The summed E-state index contributed by atoms with van der Waals surface area (Å²) in [6.45, 7) is 3.43. The van der Waals surface area contributed by atoms with Crippen molar-refractivity contribution in [2.75, 3.05) is 4.90 Å². The number of nitro groups is 1. The highest BCUT2D eigenvalue weighted by Gasteiger charge is 2.34. The zero-order chi connectivity index (χ0) is 19.7. The van der Waals surface area contributed by atoms with Crippen LogP contribution in [0.15, 0.2) is 12.1 Å². The van der Waals surface area contributed by atoms with Crippen LogP contribution in [0.25, 0.3) is 11.4 Å². The lowest BCUT2D eigenvalue weighted by Gasteiger charge is -2.30. The summed E-state index contributed by atoms with van der Waals surface area (Å²) >= 11 is 0. The van der Waals surface area contributed by atoms with Crippen molar-refractivity contribution < 1.29 is 14.8 Å². The van der Waals surface area contributed by atoms with E-state index in [1.54, 1.807) is 7.05 Å². The fourth-order valence-electron chi connectivity index (χ4n) is 3.77. The van der Waals surface area contributed by atoms with Gasteiger partial charge in [0.2, 0.25) is 0 Å². The topological polar surface area (TPSA) is 127 Å². The minimum absolute atomic E-state index is 0.0985. The van der Waals surface area contributed by atoms with E-state index in [0.29, 0.717) is 17.2 Å². The van der Waals surface area contributed by atoms with Crippen LogP contribution in [-0.4, -0.2) is 42.1 Å². The van der Waals surface area contributed by atoms with Crippen molar-refractivity contribution in [2.45, 2.75) is 45.6 Å². The number of rotatable bonds is 5. The van der Waals surface area contributed by atoms with E-state index >= 15 is 0 Å². The lowest BCUT2D eigenvalue weighted by Crippen LogP contribution is -2.43. The van der Waals surface area contributed by atoms with Crippen LogP contribution in [0.4, 0.5) is 16.3 Å². The SMILES string of the molecule is Cc1nc(-c2nnn(C)c2N(C(=O)O)C(C)C2CCCC2)ccc1[N+](=O)[O-]. The van der Waals surface area contributed by atoms with Crippen molar-refractivity contribution in [3.8, 4) is 11.4 Å². The van der Waals surface area contributed by atoms with Gasteiger partial charge in [0.05, 0.1) is 10.6 Å². The molecule has 1 saturated carbocycles. The highest BCUT2D eigenvalue weighted by atomic mass is 16.6. The summed E-state index contributed by atoms with van der Waals surface area (Å²) in [6, 6.07) is 2.58. The number of anilines is 1. The molecule has 0 bridgehead atoms. The van der Waals surface area contributed by atoms with Crippen molar-refractivity contribution in [2.24, 2.45) is 13.0 Å². The Morgan fingerprint density at radius 3 is 2.63 bits per heavy atom. The second-order valence-corrected chi connectivity index (χ2v) is 6.88. The summed E-state index contributed by atoms with van der Waals surface area (Å²) in [7, 11) is 1.63. The van der Waals surface area contributed by atoms with Crippen molar-refractivity contribution in [3.63, 3.8) is 0 Å². The zero-order valence-corrected chi connectivity index (χ0v) is 15.5. The summed E-state index contributed by atoms with van der Waals surface area (Å²) in [5, 5.41) is 29.0. The number of hydrogen-bond acceptors (Lipinski definition) is 6.